The second-order valence-electron chi connectivity index (χ2n) is 16.7. The third-order valence-electron chi connectivity index (χ3n) is 11.8. The molecular formula is C36H48N4O3S2Si. The van der Waals surface area contributed by atoms with Crippen LogP contribution in [0.1, 0.15) is 95.6 Å². The smallest absolute Gasteiger partial charge is 0.219 e. The largest absolute Gasteiger partial charge is 0.412 e. The van der Waals surface area contributed by atoms with Crippen LogP contribution in [0, 0.1) is 17.2 Å². The second-order valence-corrected chi connectivity index (χ2v) is 25.3. The summed E-state index contributed by atoms with van der Waals surface area (Å²) in [5.74, 6) is 1.01. The van der Waals surface area contributed by atoms with Gasteiger partial charge in [-0.25, -0.2) is 8.42 Å². The molecule has 2 aliphatic heterocycles. The van der Waals surface area contributed by atoms with Gasteiger partial charge in [-0.15, -0.1) is 11.3 Å². The summed E-state index contributed by atoms with van der Waals surface area (Å²) >= 11 is 1.74. The van der Waals surface area contributed by atoms with Crippen LogP contribution < -0.4 is 4.90 Å². The lowest BCUT2D eigenvalue weighted by Gasteiger charge is -2.46. The van der Waals surface area contributed by atoms with Gasteiger partial charge in [0.2, 0.25) is 10.0 Å². The van der Waals surface area contributed by atoms with Gasteiger partial charge < -0.3 is 9.33 Å². The van der Waals surface area contributed by atoms with Crippen LogP contribution in [0.3, 0.4) is 0 Å². The highest BCUT2D eigenvalue weighted by atomic mass is 32.2. The van der Waals surface area contributed by atoms with Crippen molar-refractivity contribution >= 4 is 45.6 Å². The van der Waals surface area contributed by atoms with Crippen LogP contribution in [0.25, 0.3) is 21.3 Å². The molecule has 3 fully saturated rings. The highest BCUT2D eigenvalue weighted by Gasteiger charge is 2.59. The van der Waals surface area contributed by atoms with Crippen molar-refractivity contribution < 1.29 is 12.8 Å². The Morgan fingerprint density at radius 2 is 1.85 bits per heavy atom. The Labute approximate surface area is 280 Å². The van der Waals surface area contributed by atoms with Gasteiger partial charge in [-0.05, 0) is 113 Å². The maximum absolute atomic E-state index is 14.0. The maximum Gasteiger partial charge on any atom is 0.219 e. The molecule has 10 heteroatoms. The van der Waals surface area contributed by atoms with E-state index in [1.165, 1.54) is 11.3 Å². The van der Waals surface area contributed by atoms with Gasteiger partial charge in [-0.3, -0.25) is 4.98 Å². The van der Waals surface area contributed by atoms with Crippen molar-refractivity contribution in [1.82, 2.24) is 9.29 Å². The Bertz CT molecular complexity index is 1860. The summed E-state index contributed by atoms with van der Waals surface area (Å²) in [5, 5.41) is 10.3. The van der Waals surface area contributed by atoms with Gasteiger partial charge in [0.1, 0.15) is 0 Å². The number of thiophene rings is 1. The minimum atomic E-state index is -3.47. The average Bonchev–Trinajstić information content (AvgIpc) is 3.43. The SMILES string of the molecule is CC(C)(C)[Si](C)(C)OCc1cc2nccc(-c3cc(C#N)cc4c3N(C3CN(S(=O)(=O)C(C)(C)C)C5(CCC5)C3)C[C@H]3C[C@@H]43)c2s1. The van der Waals surface area contributed by atoms with Gasteiger partial charge in [0.05, 0.1) is 33.2 Å². The first-order valence-electron chi connectivity index (χ1n) is 16.8. The number of hydrogen-bond donors (Lipinski definition) is 0. The lowest BCUT2D eigenvalue weighted by atomic mass is 9.75. The lowest BCUT2D eigenvalue weighted by Crippen LogP contribution is -2.56. The summed E-state index contributed by atoms with van der Waals surface area (Å²) in [7, 11) is -5.39. The molecule has 0 radical (unpaired) electrons. The molecule has 2 aromatic heterocycles. The fourth-order valence-corrected chi connectivity index (χ4v) is 11.6. The molecule has 246 valence electrons. The van der Waals surface area contributed by atoms with Crippen LogP contribution in [-0.2, 0) is 21.1 Å². The molecule has 2 saturated carbocycles. The zero-order chi connectivity index (χ0) is 33.0. The van der Waals surface area contributed by atoms with Crippen molar-refractivity contribution in [2.45, 2.75) is 121 Å². The average molecular weight is 677 g/mol. The van der Waals surface area contributed by atoms with Crippen LogP contribution in [0.4, 0.5) is 5.69 Å². The predicted molar refractivity (Wildman–Crippen MR) is 190 cm³/mol. The molecule has 4 aliphatic rings. The molecule has 0 bridgehead atoms. The Morgan fingerprint density at radius 3 is 2.48 bits per heavy atom. The van der Waals surface area contributed by atoms with Crippen LogP contribution in [0.2, 0.25) is 18.1 Å². The lowest BCUT2D eigenvalue weighted by molar-refractivity contribution is 0.125. The Balaban J connectivity index is 1.31. The monoisotopic (exact) mass is 676 g/mol. The van der Waals surface area contributed by atoms with Gasteiger partial charge in [-0.2, -0.15) is 9.57 Å². The fraction of sp³-hybridized carbons (Fsp3) is 0.611. The normalized spacial score (nSPS) is 24.5. The topological polar surface area (TPSA) is 86.5 Å². The van der Waals surface area contributed by atoms with Crippen LogP contribution in [0.5, 0.6) is 0 Å². The molecule has 0 N–H and O–H groups in total. The summed E-state index contributed by atoms with van der Waals surface area (Å²) in [6.45, 7) is 18.9. The highest BCUT2D eigenvalue weighted by molar-refractivity contribution is 7.90. The Morgan fingerprint density at radius 1 is 1.11 bits per heavy atom. The van der Waals surface area contributed by atoms with E-state index in [4.69, 9.17) is 9.41 Å². The van der Waals surface area contributed by atoms with Crippen LogP contribution in [0.15, 0.2) is 30.5 Å². The number of nitrogens with zero attached hydrogens (tertiary/aromatic N) is 4. The molecule has 1 unspecified atom stereocenters. The molecule has 46 heavy (non-hydrogen) atoms. The summed E-state index contributed by atoms with van der Waals surface area (Å²) in [4.78, 5) is 8.48. The Hall–Kier alpha value is -2.29. The molecule has 1 saturated heterocycles. The van der Waals surface area contributed by atoms with E-state index >= 15 is 0 Å². The number of sulfonamides is 1. The van der Waals surface area contributed by atoms with Crippen molar-refractivity contribution in [2.75, 3.05) is 18.0 Å². The van der Waals surface area contributed by atoms with Crippen molar-refractivity contribution in [3.05, 3.63) is 46.5 Å². The third kappa shape index (κ3) is 5.07. The van der Waals surface area contributed by atoms with Crippen LogP contribution >= 0.6 is 11.3 Å². The van der Waals surface area contributed by atoms with E-state index in [-0.39, 0.29) is 16.6 Å². The van der Waals surface area contributed by atoms with E-state index in [0.717, 1.165) is 64.9 Å². The molecule has 7 rings (SSSR count). The Kier molecular flexibility index (Phi) is 7.44. The summed E-state index contributed by atoms with van der Waals surface area (Å²) in [6.07, 6.45) is 6.82. The van der Waals surface area contributed by atoms with E-state index in [9.17, 15) is 13.7 Å². The van der Waals surface area contributed by atoms with Gasteiger partial charge >= 0.3 is 0 Å². The standard InChI is InChI=1S/C36H48N4O3S2Si/c1-34(2,3)45(41,42)40-21-25(18-36(40)11-9-12-36)39-20-24-16-28(24)30-15-23(19-37)14-29(32(30)39)27-10-13-38-31-17-26(44-33(27)31)22-43-46(7,8)35(4,5)6/h10,13-15,17,24-25,28H,9,11-12,16,18,20-22H2,1-8H3/t24-,25?,28-/m1/s1. The molecule has 1 aromatic carbocycles. The number of hydrogen-bond acceptors (Lipinski definition) is 7. The summed E-state index contributed by atoms with van der Waals surface area (Å²) in [5.41, 5.74) is 5.99. The molecule has 1 spiro atoms. The summed E-state index contributed by atoms with van der Waals surface area (Å²) < 4.78 is 36.7. The van der Waals surface area contributed by atoms with Crippen molar-refractivity contribution in [1.29, 1.82) is 5.26 Å². The fourth-order valence-electron chi connectivity index (χ4n) is 7.70. The van der Waals surface area contributed by atoms with Crippen LogP contribution in [-0.4, -0.2) is 55.4 Å². The van der Waals surface area contributed by atoms with E-state index in [1.54, 1.807) is 11.3 Å². The maximum atomic E-state index is 14.0. The van der Waals surface area contributed by atoms with Crippen molar-refractivity contribution in [3.63, 3.8) is 0 Å². The number of pyridine rings is 1. The zero-order valence-corrected chi connectivity index (χ0v) is 31.2. The van der Waals surface area contributed by atoms with Gasteiger partial charge in [0.15, 0.2) is 8.32 Å². The van der Waals surface area contributed by atoms with E-state index < -0.39 is 23.1 Å². The minimum absolute atomic E-state index is 0.0959. The molecular weight excluding hydrogens is 629 g/mol. The van der Waals surface area contributed by atoms with Gasteiger partial charge in [0, 0.05) is 52.6 Å². The highest BCUT2D eigenvalue weighted by Crippen LogP contribution is 2.60. The molecule has 7 nitrogen and oxygen atoms in total. The number of anilines is 1. The first-order valence-corrected chi connectivity index (χ1v) is 22.0. The second kappa shape index (κ2) is 10.6. The number of aromatic nitrogens is 1. The number of nitriles is 1. The van der Waals surface area contributed by atoms with Gasteiger partial charge in [0.25, 0.3) is 0 Å². The quantitative estimate of drug-likeness (QED) is 0.244. The predicted octanol–water partition coefficient (Wildman–Crippen LogP) is 8.41. The molecule has 3 aromatic rings. The first-order chi connectivity index (χ1) is 21.5. The van der Waals surface area contributed by atoms with E-state index in [1.807, 2.05) is 31.3 Å². The number of rotatable bonds is 6. The van der Waals surface area contributed by atoms with Crippen molar-refractivity contribution in [2.24, 2.45) is 5.92 Å². The number of benzene rings is 1. The number of fused-ring (bicyclic) bond motifs is 4. The third-order valence-corrected chi connectivity index (χ3v) is 20.0. The minimum Gasteiger partial charge on any atom is -0.412 e. The first kappa shape index (κ1) is 32.3. The zero-order valence-electron chi connectivity index (χ0n) is 28.6. The van der Waals surface area contributed by atoms with E-state index in [0.29, 0.717) is 30.6 Å². The van der Waals surface area contributed by atoms with Crippen molar-refractivity contribution in [3.8, 4) is 17.2 Å². The molecule has 2 aliphatic carbocycles. The van der Waals surface area contributed by atoms with Gasteiger partial charge in [-0.1, -0.05) is 20.8 Å². The molecule has 3 atom stereocenters. The molecule has 4 heterocycles. The summed E-state index contributed by atoms with van der Waals surface area (Å²) in [6, 6.07) is 11.0. The van der Waals surface area contributed by atoms with E-state index in [2.05, 4.69) is 69.1 Å². The molecule has 0 amide bonds.